The van der Waals surface area contributed by atoms with E-state index in [1.807, 2.05) is 57.9 Å². The van der Waals surface area contributed by atoms with Crippen LogP contribution < -0.4 is 10.6 Å². The molecule has 0 bridgehead atoms. The zero-order valence-corrected chi connectivity index (χ0v) is 22.3. The molecule has 2 aromatic heterocycles. The molecule has 0 aliphatic carbocycles. The molecule has 0 unspecified atom stereocenters. The number of nitrogens with zero attached hydrogens (tertiary/aromatic N) is 4. The van der Waals surface area contributed by atoms with Crippen LogP contribution in [0.3, 0.4) is 0 Å². The molecule has 0 aliphatic rings. The molecule has 0 spiro atoms. The molecule has 2 N–H and O–H groups in total. The summed E-state index contributed by atoms with van der Waals surface area (Å²) in [6.45, 7) is 3.14. The summed E-state index contributed by atoms with van der Waals surface area (Å²) in [5.74, 6) is 0. The first kappa shape index (κ1) is 25.5. The van der Waals surface area contributed by atoms with Gasteiger partial charge in [0.2, 0.25) is 0 Å². The Morgan fingerprint density at radius 1 is 0.450 bits per heavy atom. The van der Waals surface area contributed by atoms with Gasteiger partial charge in [0.1, 0.15) is 0 Å². The molecular formula is C34H32N6. The van der Waals surface area contributed by atoms with Crippen molar-refractivity contribution < 1.29 is 0 Å². The van der Waals surface area contributed by atoms with Crippen LogP contribution in [0.5, 0.6) is 0 Å². The number of hydrogen-bond donors (Lipinski definition) is 2. The van der Waals surface area contributed by atoms with Crippen LogP contribution in [0.2, 0.25) is 0 Å². The summed E-state index contributed by atoms with van der Waals surface area (Å²) < 4.78 is 3.93. The van der Waals surface area contributed by atoms with Crippen molar-refractivity contribution in [2.24, 2.45) is 0 Å². The van der Waals surface area contributed by atoms with E-state index in [1.165, 1.54) is 11.1 Å². The van der Waals surface area contributed by atoms with Crippen LogP contribution in [-0.2, 0) is 13.1 Å². The van der Waals surface area contributed by atoms with Crippen molar-refractivity contribution >= 4 is 0 Å². The second kappa shape index (κ2) is 12.4. The van der Waals surface area contributed by atoms with Crippen LogP contribution in [0, 0.1) is 0 Å². The molecule has 0 saturated heterocycles. The van der Waals surface area contributed by atoms with E-state index in [1.54, 1.807) is 0 Å². The molecule has 4 aromatic carbocycles. The van der Waals surface area contributed by atoms with Gasteiger partial charge in [-0.15, -0.1) is 0 Å². The average Bonchev–Trinajstić information content (AvgIpc) is 3.66. The summed E-state index contributed by atoms with van der Waals surface area (Å²) in [4.78, 5) is 0. The van der Waals surface area contributed by atoms with E-state index < -0.39 is 0 Å². The minimum absolute atomic E-state index is 0.736. The highest BCUT2D eigenvalue weighted by Crippen LogP contribution is 2.25. The molecule has 0 radical (unpaired) electrons. The third kappa shape index (κ3) is 5.94. The number of aromatic nitrogens is 4. The Labute approximate surface area is 234 Å². The molecule has 6 rings (SSSR count). The first-order valence-corrected chi connectivity index (χ1v) is 13.7. The van der Waals surface area contributed by atoms with Gasteiger partial charge in [0.15, 0.2) is 0 Å². The van der Waals surface area contributed by atoms with E-state index >= 15 is 0 Å². The van der Waals surface area contributed by atoms with Gasteiger partial charge in [0, 0.05) is 60.8 Å². The predicted octanol–water partition coefficient (Wildman–Crippen LogP) is 6.27. The summed E-state index contributed by atoms with van der Waals surface area (Å²) >= 11 is 0. The van der Waals surface area contributed by atoms with Gasteiger partial charge in [-0.05, 0) is 24.3 Å². The van der Waals surface area contributed by atoms with Crippen LogP contribution in [0.15, 0.2) is 134 Å². The lowest BCUT2D eigenvalue weighted by Crippen LogP contribution is -2.26. The summed E-state index contributed by atoms with van der Waals surface area (Å²) in [7, 11) is 0. The lowest BCUT2D eigenvalue weighted by atomic mass is 10.1. The molecule has 2 heterocycles. The lowest BCUT2D eigenvalue weighted by Gasteiger charge is -2.07. The fourth-order valence-corrected chi connectivity index (χ4v) is 4.81. The van der Waals surface area contributed by atoms with E-state index in [0.717, 1.165) is 60.1 Å². The van der Waals surface area contributed by atoms with Crippen molar-refractivity contribution in [1.82, 2.24) is 30.2 Å². The fraction of sp³-hybridized carbons (Fsp3) is 0.118. The van der Waals surface area contributed by atoms with Crippen molar-refractivity contribution in [3.63, 3.8) is 0 Å². The predicted molar refractivity (Wildman–Crippen MR) is 161 cm³/mol. The smallest absolute Gasteiger partial charge is 0.0972 e. The van der Waals surface area contributed by atoms with E-state index in [4.69, 9.17) is 10.2 Å². The van der Waals surface area contributed by atoms with Crippen LogP contribution in [0.1, 0.15) is 11.1 Å². The summed E-state index contributed by atoms with van der Waals surface area (Å²) in [5, 5.41) is 17.1. The van der Waals surface area contributed by atoms with Crippen molar-refractivity contribution in [1.29, 1.82) is 0 Å². The van der Waals surface area contributed by atoms with Crippen LogP contribution in [0.4, 0.5) is 0 Å². The Hall–Kier alpha value is -4.78. The maximum Gasteiger partial charge on any atom is 0.0972 e. The SMILES string of the molecule is c1ccc(-c2nn(-c3ccccc3)cc2CNCCNCc2cn(-c3ccccc3)nc2-c2ccccc2)cc1. The average molecular weight is 525 g/mol. The molecule has 0 atom stereocenters. The van der Waals surface area contributed by atoms with Gasteiger partial charge >= 0.3 is 0 Å². The van der Waals surface area contributed by atoms with Crippen molar-refractivity contribution in [2.45, 2.75) is 13.1 Å². The molecular weight excluding hydrogens is 492 g/mol. The van der Waals surface area contributed by atoms with Crippen LogP contribution in [-0.4, -0.2) is 32.7 Å². The number of rotatable bonds is 11. The van der Waals surface area contributed by atoms with Crippen molar-refractivity contribution in [3.8, 4) is 33.9 Å². The largest absolute Gasteiger partial charge is 0.311 e. The first-order valence-electron chi connectivity index (χ1n) is 13.7. The van der Waals surface area contributed by atoms with Crippen molar-refractivity contribution in [3.05, 3.63) is 145 Å². The van der Waals surface area contributed by atoms with E-state index in [0.29, 0.717) is 0 Å². The molecule has 0 amide bonds. The van der Waals surface area contributed by atoms with Crippen molar-refractivity contribution in [2.75, 3.05) is 13.1 Å². The van der Waals surface area contributed by atoms with E-state index in [2.05, 4.69) is 95.8 Å². The molecule has 40 heavy (non-hydrogen) atoms. The van der Waals surface area contributed by atoms with Gasteiger partial charge in [0.05, 0.1) is 22.8 Å². The highest BCUT2D eigenvalue weighted by molar-refractivity contribution is 5.64. The zero-order valence-electron chi connectivity index (χ0n) is 22.3. The second-order valence-corrected chi connectivity index (χ2v) is 9.65. The quantitative estimate of drug-likeness (QED) is 0.196. The van der Waals surface area contributed by atoms with Gasteiger partial charge in [-0.3, -0.25) is 0 Å². The van der Waals surface area contributed by atoms with E-state index in [9.17, 15) is 0 Å². The van der Waals surface area contributed by atoms with Gasteiger partial charge < -0.3 is 10.6 Å². The van der Waals surface area contributed by atoms with Gasteiger partial charge in [-0.2, -0.15) is 10.2 Å². The van der Waals surface area contributed by atoms with Gasteiger partial charge in [0.25, 0.3) is 0 Å². The molecule has 0 aliphatic heterocycles. The minimum atomic E-state index is 0.736. The maximum atomic E-state index is 4.92. The molecule has 198 valence electrons. The Morgan fingerprint density at radius 3 is 1.18 bits per heavy atom. The standard InChI is InChI=1S/C34H32N6/c1-5-13-27(14-6-1)33-29(25-39(37-33)31-17-9-3-10-18-31)23-35-21-22-36-24-30-26-40(32-19-11-4-12-20-32)38-34(30)28-15-7-2-8-16-28/h1-20,25-26,35-36H,21-24H2. The number of benzene rings is 4. The van der Waals surface area contributed by atoms with E-state index in [-0.39, 0.29) is 0 Å². The Balaban J connectivity index is 1.10. The number of hydrogen-bond acceptors (Lipinski definition) is 4. The second-order valence-electron chi connectivity index (χ2n) is 9.65. The molecule has 6 nitrogen and oxygen atoms in total. The topological polar surface area (TPSA) is 59.7 Å². The highest BCUT2D eigenvalue weighted by Gasteiger charge is 2.13. The summed E-state index contributed by atoms with van der Waals surface area (Å²) in [6.07, 6.45) is 4.25. The molecule has 6 heteroatoms. The monoisotopic (exact) mass is 524 g/mol. The normalized spacial score (nSPS) is 11.1. The Morgan fingerprint density at radius 2 is 0.800 bits per heavy atom. The number of para-hydroxylation sites is 2. The Kier molecular flexibility index (Phi) is 7.89. The fourth-order valence-electron chi connectivity index (χ4n) is 4.81. The van der Waals surface area contributed by atoms with Gasteiger partial charge in [-0.25, -0.2) is 9.36 Å². The van der Waals surface area contributed by atoms with Gasteiger partial charge in [-0.1, -0.05) is 97.1 Å². The molecule has 0 fully saturated rings. The third-order valence-electron chi connectivity index (χ3n) is 6.83. The van der Waals surface area contributed by atoms with Crippen LogP contribution in [0.25, 0.3) is 33.9 Å². The van der Waals surface area contributed by atoms with Crippen LogP contribution >= 0.6 is 0 Å². The third-order valence-corrected chi connectivity index (χ3v) is 6.83. The lowest BCUT2D eigenvalue weighted by molar-refractivity contribution is 0.611. The first-order chi connectivity index (χ1) is 19.8. The summed E-state index contributed by atoms with van der Waals surface area (Å²) in [5.41, 5.74) is 8.70. The maximum absolute atomic E-state index is 4.92. The Bertz CT molecular complexity index is 1500. The molecule has 6 aromatic rings. The zero-order chi connectivity index (χ0) is 27.0. The highest BCUT2D eigenvalue weighted by atomic mass is 15.3. The minimum Gasteiger partial charge on any atom is -0.311 e. The summed E-state index contributed by atoms with van der Waals surface area (Å²) in [6, 6.07) is 41.3. The number of nitrogens with one attached hydrogen (secondary N) is 2. The molecule has 0 saturated carbocycles.